The highest BCUT2D eigenvalue weighted by Crippen LogP contribution is 2.35. The molecule has 2 aromatic carbocycles. The minimum absolute atomic E-state index is 0.0437. The first-order valence-electron chi connectivity index (χ1n) is 6.81. The van der Waals surface area contributed by atoms with E-state index in [1.54, 1.807) is 24.1 Å². The number of carbonyl (C=O) groups excluding carboxylic acids is 1. The molecule has 1 heterocycles. The number of nitrogens with zero attached hydrogens (tertiary/aromatic N) is 2. The van der Waals surface area contributed by atoms with Crippen LogP contribution in [0.5, 0.6) is 0 Å². The van der Waals surface area contributed by atoms with Crippen molar-refractivity contribution >= 4 is 17.3 Å². The number of carbonyl (C=O) groups is 1. The summed E-state index contributed by atoms with van der Waals surface area (Å²) in [5, 5.41) is 12.2. The van der Waals surface area contributed by atoms with Gasteiger partial charge in [-0.2, -0.15) is 5.26 Å². The van der Waals surface area contributed by atoms with E-state index in [1.807, 2.05) is 36.4 Å². The topological polar surface area (TPSA) is 56.1 Å². The van der Waals surface area contributed by atoms with E-state index in [1.165, 1.54) is 0 Å². The van der Waals surface area contributed by atoms with Crippen LogP contribution in [0.1, 0.15) is 23.6 Å². The first-order chi connectivity index (χ1) is 10.2. The smallest absolute Gasteiger partial charge is 0.229 e. The van der Waals surface area contributed by atoms with Crippen molar-refractivity contribution in [3.8, 4) is 6.07 Å². The second-order valence-corrected chi connectivity index (χ2v) is 5.10. The summed E-state index contributed by atoms with van der Waals surface area (Å²) in [6, 6.07) is 17.2. The molecule has 21 heavy (non-hydrogen) atoms. The fourth-order valence-electron chi connectivity index (χ4n) is 2.61. The number of anilines is 2. The molecule has 4 nitrogen and oxygen atoms in total. The van der Waals surface area contributed by atoms with Crippen LogP contribution < -0.4 is 10.2 Å². The number of hydrogen-bond acceptors (Lipinski definition) is 3. The third-order valence-electron chi connectivity index (χ3n) is 3.78. The highest BCUT2D eigenvalue weighted by Gasteiger charge is 2.28. The lowest BCUT2D eigenvalue weighted by molar-refractivity contribution is -0.118. The Balaban J connectivity index is 1.90. The molecule has 0 saturated heterocycles. The predicted molar refractivity (Wildman–Crippen MR) is 82.0 cm³/mol. The Morgan fingerprint density at radius 1 is 1.19 bits per heavy atom. The van der Waals surface area contributed by atoms with Crippen molar-refractivity contribution < 1.29 is 4.79 Å². The van der Waals surface area contributed by atoms with Crippen LogP contribution >= 0.6 is 0 Å². The zero-order chi connectivity index (χ0) is 14.8. The van der Waals surface area contributed by atoms with E-state index >= 15 is 0 Å². The van der Waals surface area contributed by atoms with E-state index in [0.29, 0.717) is 12.0 Å². The van der Waals surface area contributed by atoms with Crippen molar-refractivity contribution in [3.63, 3.8) is 0 Å². The number of hydrogen-bond donors (Lipinski definition) is 1. The Bertz CT molecular complexity index is 716. The quantitative estimate of drug-likeness (QED) is 0.917. The SMILES string of the molecule is CN1C(=O)CC(Nc2ccc(C#N)cc2)c2ccccc21. The zero-order valence-corrected chi connectivity index (χ0v) is 11.7. The van der Waals surface area contributed by atoms with Gasteiger partial charge >= 0.3 is 0 Å². The molecular weight excluding hydrogens is 262 g/mol. The van der Waals surface area contributed by atoms with Crippen molar-refractivity contribution in [2.75, 3.05) is 17.3 Å². The van der Waals surface area contributed by atoms with Gasteiger partial charge in [0.1, 0.15) is 0 Å². The number of benzene rings is 2. The summed E-state index contributed by atoms with van der Waals surface area (Å²) in [7, 11) is 1.80. The summed E-state index contributed by atoms with van der Waals surface area (Å²) < 4.78 is 0. The number of nitriles is 1. The molecule has 1 atom stereocenters. The van der Waals surface area contributed by atoms with Gasteiger partial charge in [0, 0.05) is 18.4 Å². The van der Waals surface area contributed by atoms with Gasteiger partial charge in [0.05, 0.1) is 24.1 Å². The maximum atomic E-state index is 12.1. The monoisotopic (exact) mass is 277 g/mol. The van der Waals surface area contributed by atoms with Gasteiger partial charge in [-0.1, -0.05) is 18.2 Å². The fourth-order valence-corrected chi connectivity index (χ4v) is 2.61. The van der Waals surface area contributed by atoms with Gasteiger partial charge in [-0.15, -0.1) is 0 Å². The Kier molecular flexibility index (Phi) is 3.33. The molecule has 1 amide bonds. The van der Waals surface area contributed by atoms with E-state index < -0.39 is 0 Å². The van der Waals surface area contributed by atoms with E-state index in [9.17, 15) is 4.79 Å². The highest BCUT2D eigenvalue weighted by atomic mass is 16.2. The lowest BCUT2D eigenvalue weighted by Crippen LogP contribution is -2.35. The Morgan fingerprint density at radius 2 is 1.90 bits per heavy atom. The predicted octanol–water partition coefficient (Wildman–Crippen LogP) is 3.08. The van der Waals surface area contributed by atoms with Crippen LogP contribution in [0.25, 0.3) is 0 Å². The molecule has 4 heteroatoms. The number of rotatable bonds is 2. The first kappa shape index (κ1) is 13.2. The second kappa shape index (κ2) is 5.29. The largest absolute Gasteiger partial charge is 0.378 e. The number of amides is 1. The molecule has 3 rings (SSSR count). The molecular formula is C17H15N3O. The average molecular weight is 277 g/mol. The van der Waals surface area contributed by atoms with Crippen LogP contribution in [-0.2, 0) is 4.79 Å². The molecule has 0 aliphatic carbocycles. The van der Waals surface area contributed by atoms with Crippen molar-refractivity contribution in [3.05, 3.63) is 59.7 Å². The van der Waals surface area contributed by atoms with Gasteiger partial charge in [0.15, 0.2) is 0 Å². The molecule has 0 radical (unpaired) electrons. The third kappa shape index (κ3) is 2.46. The average Bonchev–Trinajstić information content (AvgIpc) is 2.53. The second-order valence-electron chi connectivity index (χ2n) is 5.10. The van der Waals surface area contributed by atoms with Crippen LogP contribution in [0.2, 0.25) is 0 Å². The zero-order valence-electron chi connectivity index (χ0n) is 11.7. The third-order valence-corrected chi connectivity index (χ3v) is 3.78. The van der Waals surface area contributed by atoms with Crippen molar-refractivity contribution in [1.82, 2.24) is 0 Å². The molecule has 0 saturated carbocycles. The van der Waals surface area contributed by atoms with E-state index in [2.05, 4.69) is 11.4 Å². The van der Waals surface area contributed by atoms with Crippen LogP contribution in [0.15, 0.2) is 48.5 Å². The number of fused-ring (bicyclic) bond motifs is 1. The lowest BCUT2D eigenvalue weighted by atomic mass is 9.96. The summed E-state index contributed by atoms with van der Waals surface area (Å²) in [5.74, 6) is 0.0971. The number of para-hydroxylation sites is 1. The van der Waals surface area contributed by atoms with Crippen molar-refractivity contribution in [2.24, 2.45) is 0 Å². The Hall–Kier alpha value is -2.80. The maximum Gasteiger partial charge on any atom is 0.229 e. The van der Waals surface area contributed by atoms with Gasteiger partial charge in [0.25, 0.3) is 0 Å². The van der Waals surface area contributed by atoms with Crippen molar-refractivity contribution in [2.45, 2.75) is 12.5 Å². The maximum absolute atomic E-state index is 12.1. The molecule has 2 aromatic rings. The molecule has 1 aliphatic heterocycles. The van der Waals surface area contributed by atoms with Gasteiger partial charge in [-0.25, -0.2) is 0 Å². The minimum atomic E-state index is -0.0437. The molecule has 0 spiro atoms. The Labute approximate surface area is 123 Å². The summed E-state index contributed by atoms with van der Waals surface area (Å²) in [6.45, 7) is 0. The lowest BCUT2D eigenvalue weighted by Gasteiger charge is -2.32. The summed E-state index contributed by atoms with van der Waals surface area (Å²) >= 11 is 0. The molecule has 1 unspecified atom stereocenters. The summed E-state index contributed by atoms with van der Waals surface area (Å²) in [5.41, 5.74) is 3.59. The first-order valence-corrected chi connectivity index (χ1v) is 6.81. The normalized spacial score (nSPS) is 17.0. The highest BCUT2D eigenvalue weighted by molar-refractivity contribution is 5.97. The number of nitrogens with one attached hydrogen (secondary N) is 1. The van der Waals surface area contributed by atoms with Crippen LogP contribution in [0.3, 0.4) is 0 Å². The summed E-state index contributed by atoms with van der Waals surface area (Å²) in [4.78, 5) is 13.8. The molecule has 0 bridgehead atoms. The van der Waals surface area contributed by atoms with E-state index in [-0.39, 0.29) is 11.9 Å². The summed E-state index contributed by atoms with van der Waals surface area (Å²) in [6.07, 6.45) is 0.424. The molecule has 1 N–H and O–H groups in total. The van der Waals surface area contributed by atoms with Crippen LogP contribution in [-0.4, -0.2) is 13.0 Å². The molecule has 0 fully saturated rings. The van der Waals surface area contributed by atoms with Crippen molar-refractivity contribution in [1.29, 1.82) is 5.26 Å². The molecule has 1 aliphatic rings. The van der Waals surface area contributed by atoms with Gasteiger partial charge in [-0.05, 0) is 35.9 Å². The van der Waals surface area contributed by atoms with Gasteiger partial charge in [-0.3, -0.25) is 4.79 Å². The standard InChI is InChI=1S/C17H15N3O/c1-20-16-5-3-2-4-14(16)15(10-17(20)21)19-13-8-6-12(11-18)7-9-13/h2-9,15,19H,10H2,1H3. The molecule has 104 valence electrons. The minimum Gasteiger partial charge on any atom is -0.378 e. The molecule has 0 aromatic heterocycles. The van der Waals surface area contributed by atoms with E-state index in [0.717, 1.165) is 16.9 Å². The van der Waals surface area contributed by atoms with Crippen LogP contribution in [0.4, 0.5) is 11.4 Å². The van der Waals surface area contributed by atoms with Gasteiger partial charge in [0.2, 0.25) is 5.91 Å². The van der Waals surface area contributed by atoms with Gasteiger partial charge < -0.3 is 10.2 Å². The Morgan fingerprint density at radius 3 is 2.62 bits per heavy atom. The fraction of sp³-hybridized carbons (Fsp3) is 0.176. The van der Waals surface area contributed by atoms with Crippen LogP contribution in [0, 0.1) is 11.3 Å². The van der Waals surface area contributed by atoms with E-state index in [4.69, 9.17) is 5.26 Å².